The standard InChI is InChI=1S/C16H17BrN4O3/c1-9-8-14(24)19-15(12-4-6-13(17)7-5-12)20(10(2)22)21(11(3)23)16(19)18-9/h4-8,15-16,18H,1-3H3. The van der Waals surface area contributed by atoms with E-state index in [1.165, 1.54) is 34.8 Å². The van der Waals surface area contributed by atoms with Gasteiger partial charge in [0.2, 0.25) is 18.1 Å². The van der Waals surface area contributed by atoms with Crippen molar-refractivity contribution in [3.63, 3.8) is 0 Å². The summed E-state index contributed by atoms with van der Waals surface area (Å²) in [6, 6.07) is 7.32. The topological polar surface area (TPSA) is 73.0 Å². The van der Waals surface area contributed by atoms with E-state index in [2.05, 4.69) is 21.2 Å². The van der Waals surface area contributed by atoms with Gasteiger partial charge in [0.1, 0.15) is 0 Å². The van der Waals surface area contributed by atoms with Crippen molar-refractivity contribution in [2.75, 3.05) is 0 Å². The van der Waals surface area contributed by atoms with Crippen LogP contribution in [0.25, 0.3) is 0 Å². The first kappa shape index (κ1) is 16.5. The zero-order valence-corrected chi connectivity index (χ0v) is 15.1. The Balaban J connectivity index is 2.15. The molecule has 2 atom stereocenters. The van der Waals surface area contributed by atoms with Crippen LogP contribution >= 0.6 is 15.9 Å². The van der Waals surface area contributed by atoms with Crippen molar-refractivity contribution in [1.82, 2.24) is 20.2 Å². The highest BCUT2D eigenvalue weighted by atomic mass is 79.9. The van der Waals surface area contributed by atoms with E-state index in [1.54, 1.807) is 6.92 Å². The number of amides is 3. The van der Waals surface area contributed by atoms with Crippen LogP contribution < -0.4 is 5.32 Å². The summed E-state index contributed by atoms with van der Waals surface area (Å²) in [6.45, 7) is 4.50. The van der Waals surface area contributed by atoms with Crippen molar-refractivity contribution in [1.29, 1.82) is 0 Å². The summed E-state index contributed by atoms with van der Waals surface area (Å²) < 4.78 is 0.887. The van der Waals surface area contributed by atoms with Crippen LogP contribution in [-0.2, 0) is 14.4 Å². The normalized spacial score (nSPS) is 22.9. The lowest BCUT2D eigenvalue weighted by Crippen LogP contribution is -2.56. The third-order valence-electron chi connectivity index (χ3n) is 3.99. The molecule has 1 aromatic rings. The minimum atomic E-state index is -0.724. The smallest absolute Gasteiger partial charge is 0.253 e. The molecule has 0 radical (unpaired) electrons. The number of halogens is 1. The average molecular weight is 393 g/mol. The van der Waals surface area contributed by atoms with Crippen LogP contribution in [0.1, 0.15) is 32.5 Å². The Morgan fingerprint density at radius 1 is 1.08 bits per heavy atom. The van der Waals surface area contributed by atoms with Gasteiger partial charge < -0.3 is 5.32 Å². The summed E-state index contributed by atoms with van der Waals surface area (Å²) in [6.07, 6.45) is 0.0519. The lowest BCUT2D eigenvalue weighted by Gasteiger charge is -2.33. The molecule has 0 aromatic heterocycles. The predicted molar refractivity (Wildman–Crippen MR) is 89.4 cm³/mol. The quantitative estimate of drug-likeness (QED) is 0.789. The molecule has 7 nitrogen and oxygen atoms in total. The van der Waals surface area contributed by atoms with Crippen molar-refractivity contribution in [3.8, 4) is 0 Å². The summed E-state index contributed by atoms with van der Waals surface area (Å²) in [5.74, 6) is -0.895. The Morgan fingerprint density at radius 2 is 1.67 bits per heavy atom. The second kappa shape index (κ2) is 5.94. The van der Waals surface area contributed by atoms with Gasteiger partial charge in [-0.3, -0.25) is 19.3 Å². The Hall–Kier alpha value is -2.35. The van der Waals surface area contributed by atoms with E-state index in [1.807, 2.05) is 24.3 Å². The number of allylic oxidation sites excluding steroid dienone is 1. The molecular weight excluding hydrogens is 376 g/mol. The minimum absolute atomic E-state index is 0.251. The lowest BCUT2D eigenvalue weighted by molar-refractivity contribution is -0.162. The van der Waals surface area contributed by atoms with Gasteiger partial charge in [0, 0.05) is 30.1 Å². The molecule has 24 heavy (non-hydrogen) atoms. The summed E-state index contributed by atoms with van der Waals surface area (Å²) in [7, 11) is 0. The Morgan fingerprint density at radius 3 is 2.21 bits per heavy atom. The SMILES string of the molecule is CC(=O)N1C2NC(C)=CC(=O)N2C(c2ccc(Br)cc2)N1C(C)=O. The Kier molecular flexibility index (Phi) is 4.08. The van der Waals surface area contributed by atoms with Crippen LogP contribution in [0.15, 0.2) is 40.5 Å². The van der Waals surface area contributed by atoms with Gasteiger partial charge in [0.25, 0.3) is 5.91 Å². The fraction of sp³-hybridized carbons (Fsp3) is 0.312. The first-order valence-corrected chi connectivity index (χ1v) is 8.22. The number of hydrogen-bond donors (Lipinski definition) is 1. The number of carbonyl (C=O) groups excluding carboxylic acids is 3. The molecule has 0 spiro atoms. The predicted octanol–water partition coefficient (Wildman–Crippen LogP) is 1.69. The fourth-order valence-electron chi connectivity index (χ4n) is 3.07. The molecule has 2 unspecified atom stereocenters. The third-order valence-corrected chi connectivity index (χ3v) is 4.52. The van der Waals surface area contributed by atoms with Gasteiger partial charge in [-0.25, -0.2) is 10.0 Å². The van der Waals surface area contributed by atoms with Crippen LogP contribution in [0.3, 0.4) is 0 Å². The zero-order valence-electron chi connectivity index (χ0n) is 13.5. The second-order valence-electron chi connectivity index (χ2n) is 5.74. The van der Waals surface area contributed by atoms with Gasteiger partial charge >= 0.3 is 0 Å². The highest BCUT2D eigenvalue weighted by Crippen LogP contribution is 2.38. The third kappa shape index (κ3) is 2.56. The van der Waals surface area contributed by atoms with Crippen LogP contribution in [-0.4, -0.2) is 38.9 Å². The maximum atomic E-state index is 12.6. The maximum absolute atomic E-state index is 12.6. The molecule has 3 rings (SSSR count). The summed E-state index contributed by atoms with van der Waals surface area (Å²) in [4.78, 5) is 38.6. The molecule has 1 aromatic carbocycles. The molecule has 8 heteroatoms. The van der Waals surface area contributed by atoms with E-state index in [-0.39, 0.29) is 17.7 Å². The first-order valence-electron chi connectivity index (χ1n) is 7.43. The summed E-state index contributed by atoms with van der Waals surface area (Å²) in [5, 5.41) is 5.73. The minimum Gasteiger partial charge on any atom is -0.350 e. The highest BCUT2D eigenvalue weighted by Gasteiger charge is 2.52. The number of nitrogens with one attached hydrogen (secondary N) is 1. The molecule has 0 bridgehead atoms. The number of carbonyl (C=O) groups is 3. The molecule has 1 fully saturated rings. The molecule has 1 N–H and O–H groups in total. The van der Waals surface area contributed by atoms with Crippen molar-refractivity contribution < 1.29 is 14.4 Å². The Bertz CT molecular complexity index is 746. The molecule has 0 saturated carbocycles. The van der Waals surface area contributed by atoms with Crippen molar-refractivity contribution in [2.45, 2.75) is 33.2 Å². The summed E-state index contributed by atoms with van der Waals surface area (Å²) in [5.41, 5.74) is 1.39. The lowest BCUT2D eigenvalue weighted by atomic mass is 10.1. The van der Waals surface area contributed by atoms with E-state index in [4.69, 9.17) is 0 Å². The van der Waals surface area contributed by atoms with Crippen LogP contribution in [0.2, 0.25) is 0 Å². The number of nitrogens with zero attached hydrogens (tertiary/aromatic N) is 3. The molecule has 3 amide bonds. The van der Waals surface area contributed by atoms with Gasteiger partial charge in [-0.15, -0.1) is 0 Å². The molecule has 2 aliphatic rings. The largest absolute Gasteiger partial charge is 0.350 e. The highest BCUT2D eigenvalue weighted by molar-refractivity contribution is 9.10. The molecule has 2 aliphatic heterocycles. The second-order valence-corrected chi connectivity index (χ2v) is 6.66. The van der Waals surface area contributed by atoms with E-state index < -0.39 is 12.5 Å². The van der Waals surface area contributed by atoms with Gasteiger partial charge in [-0.1, -0.05) is 28.1 Å². The van der Waals surface area contributed by atoms with Gasteiger partial charge in [0.05, 0.1) is 0 Å². The van der Waals surface area contributed by atoms with Crippen LogP contribution in [0, 0.1) is 0 Å². The van der Waals surface area contributed by atoms with Crippen molar-refractivity contribution in [2.24, 2.45) is 0 Å². The number of fused-ring (bicyclic) bond motifs is 1. The molecule has 2 heterocycles. The molecule has 0 aliphatic carbocycles. The van der Waals surface area contributed by atoms with Crippen molar-refractivity contribution in [3.05, 3.63) is 46.1 Å². The first-order chi connectivity index (χ1) is 11.3. The van der Waals surface area contributed by atoms with E-state index >= 15 is 0 Å². The van der Waals surface area contributed by atoms with Crippen molar-refractivity contribution >= 4 is 33.7 Å². The van der Waals surface area contributed by atoms with Crippen LogP contribution in [0.5, 0.6) is 0 Å². The number of hydrogen-bond acceptors (Lipinski definition) is 4. The van der Waals surface area contributed by atoms with E-state index in [0.29, 0.717) is 5.70 Å². The molecular formula is C16H17BrN4O3. The molecule has 126 valence electrons. The zero-order chi connectivity index (χ0) is 17.6. The number of benzene rings is 1. The van der Waals surface area contributed by atoms with Gasteiger partial charge in [-0.05, 0) is 24.6 Å². The Labute approximate surface area is 148 Å². The van der Waals surface area contributed by atoms with E-state index in [9.17, 15) is 14.4 Å². The average Bonchev–Trinajstić information content (AvgIpc) is 2.83. The maximum Gasteiger partial charge on any atom is 0.253 e. The monoisotopic (exact) mass is 392 g/mol. The van der Waals surface area contributed by atoms with Crippen LogP contribution in [0.4, 0.5) is 0 Å². The van der Waals surface area contributed by atoms with Gasteiger partial charge in [-0.2, -0.15) is 0 Å². The fourth-order valence-corrected chi connectivity index (χ4v) is 3.33. The molecule has 1 saturated heterocycles. The van der Waals surface area contributed by atoms with Gasteiger partial charge in [0.15, 0.2) is 6.17 Å². The number of hydrazine groups is 1. The summed E-state index contributed by atoms with van der Waals surface area (Å²) >= 11 is 3.37. The number of rotatable bonds is 1. The van der Waals surface area contributed by atoms with E-state index in [0.717, 1.165) is 10.0 Å².